The van der Waals surface area contributed by atoms with Crippen LogP contribution in [-0.2, 0) is 17.7 Å². The fourth-order valence-corrected chi connectivity index (χ4v) is 2.97. The van der Waals surface area contributed by atoms with Gasteiger partial charge in [-0.15, -0.1) is 10.2 Å². The van der Waals surface area contributed by atoms with Crippen LogP contribution in [0, 0.1) is 0 Å². The van der Waals surface area contributed by atoms with Crippen molar-refractivity contribution in [3.8, 4) is 0 Å². The van der Waals surface area contributed by atoms with Gasteiger partial charge in [0.05, 0.1) is 6.10 Å². The Balaban J connectivity index is 1.74. The maximum absolute atomic E-state index is 5.79. The molecule has 1 aromatic rings. The van der Waals surface area contributed by atoms with E-state index in [1.165, 1.54) is 37.9 Å². The molecule has 1 saturated heterocycles. The van der Waals surface area contributed by atoms with Crippen molar-refractivity contribution in [2.75, 3.05) is 6.61 Å². The molecule has 94 valence electrons. The van der Waals surface area contributed by atoms with Crippen molar-refractivity contribution in [2.45, 2.75) is 64.0 Å². The van der Waals surface area contributed by atoms with Crippen molar-refractivity contribution in [2.24, 2.45) is 0 Å². The molecule has 2 unspecified atom stereocenters. The fourth-order valence-electron chi connectivity index (χ4n) is 2.97. The third-order valence-corrected chi connectivity index (χ3v) is 4.00. The summed E-state index contributed by atoms with van der Waals surface area (Å²) >= 11 is 0. The molecular formula is C13H21N3O. The summed E-state index contributed by atoms with van der Waals surface area (Å²) < 4.78 is 8.11. The van der Waals surface area contributed by atoms with Crippen molar-refractivity contribution in [1.29, 1.82) is 0 Å². The average molecular weight is 235 g/mol. The van der Waals surface area contributed by atoms with Crippen LogP contribution in [0.2, 0.25) is 0 Å². The van der Waals surface area contributed by atoms with Gasteiger partial charge in [-0.1, -0.05) is 6.92 Å². The summed E-state index contributed by atoms with van der Waals surface area (Å²) in [5, 5.41) is 8.74. The molecule has 1 fully saturated rings. The number of ether oxygens (including phenoxy) is 1. The van der Waals surface area contributed by atoms with Gasteiger partial charge in [-0.05, 0) is 32.1 Å². The second kappa shape index (κ2) is 4.77. The highest BCUT2D eigenvalue weighted by Crippen LogP contribution is 2.26. The summed E-state index contributed by atoms with van der Waals surface area (Å²) in [5.41, 5.74) is 0. The maximum Gasteiger partial charge on any atom is 0.135 e. The van der Waals surface area contributed by atoms with Crippen LogP contribution in [0.3, 0.4) is 0 Å². The predicted octanol–water partition coefficient (Wildman–Crippen LogP) is 2.29. The third-order valence-electron chi connectivity index (χ3n) is 4.00. The zero-order valence-electron chi connectivity index (χ0n) is 10.6. The molecule has 1 aromatic heterocycles. The van der Waals surface area contributed by atoms with Gasteiger partial charge in [-0.25, -0.2) is 0 Å². The van der Waals surface area contributed by atoms with Gasteiger partial charge in [0.15, 0.2) is 0 Å². The van der Waals surface area contributed by atoms with Gasteiger partial charge in [0.2, 0.25) is 0 Å². The molecule has 4 nitrogen and oxygen atoms in total. The van der Waals surface area contributed by atoms with E-state index >= 15 is 0 Å². The quantitative estimate of drug-likeness (QED) is 0.789. The van der Waals surface area contributed by atoms with Crippen LogP contribution in [-0.4, -0.2) is 27.5 Å². The maximum atomic E-state index is 5.79. The number of fused-ring (bicyclic) bond motifs is 1. The number of hydrogen-bond acceptors (Lipinski definition) is 3. The third kappa shape index (κ3) is 2.23. The van der Waals surface area contributed by atoms with Gasteiger partial charge in [0.1, 0.15) is 11.6 Å². The van der Waals surface area contributed by atoms with E-state index in [2.05, 4.69) is 21.7 Å². The van der Waals surface area contributed by atoms with Gasteiger partial charge in [0.25, 0.3) is 0 Å². The summed E-state index contributed by atoms with van der Waals surface area (Å²) in [6.45, 7) is 4.26. The van der Waals surface area contributed by atoms with Gasteiger partial charge in [0, 0.05) is 25.5 Å². The van der Waals surface area contributed by atoms with Gasteiger partial charge in [-0.3, -0.25) is 0 Å². The highest BCUT2D eigenvalue weighted by atomic mass is 16.5. The minimum absolute atomic E-state index is 0.370. The van der Waals surface area contributed by atoms with Crippen LogP contribution < -0.4 is 0 Å². The molecule has 17 heavy (non-hydrogen) atoms. The molecule has 2 aliphatic heterocycles. The lowest BCUT2D eigenvalue weighted by Crippen LogP contribution is -2.24. The smallest absolute Gasteiger partial charge is 0.135 e. The Morgan fingerprint density at radius 3 is 3.00 bits per heavy atom. The van der Waals surface area contributed by atoms with E-state index in [0.717, 1.165) is 25.4 Å². The monoisotopic (exact) mass is 235 g/mol. The Bertz CT molecular complexity index is 382. The first kappa shape index (κ1) is 11.2. The number of aromatic nitrogens is 3. The summed E-state index contributed by atoms with van der Waals surface area (Å²) in [5.74, 6) is 2.89. The molecule has 0 aromatic carbocycles. The number of nitrogens with zero attached hydrogens (tertiary/aromatic N) is 3. The molecule has 4 heteroatoms. The van der Waals surface area contributed by atoms with Crippen LogP contribution in [0.1, 0.15) is 56.6 Å². The number of rotatable bonds is 2. The zero-order valence-corrected chi connectivity index (χ0v) is 10.6. The molecule has 3 rings (SSSR count). The first-order chi connectivity index (χ1) is 8.34. The highest BCUT2D eigenvalue weighted by Gasteiger charge is 2.24. The highest BCUT2D eigenvalue weighted by molar-refractivity contribution is 5.04. The zero-order chi connectivity index (χ0) is 11.7. The molecule has 0 amide bonds. The lowest BCUT2D eigenvalue weighted by atomic mass is 10.0. The standard InChI is InChI=1S/C13H21N3O/c1-10-5-4-7-16-12(14-15-13(10)16)9-11-6-2-3-8-17-11/h10-11H,2-9H2,1H3. The van der Waals surface area contributed by atoms with Crippen molar-refractivity contribution in [3.05, 3.63) is 11.6 Å². The summed E-state index contributed by atoms with van der Waals surface area (Å²) in [4.78, 5) is 0. The van der Waals surface area contributed by atoms with Crippen molar-refractivity contribution in [3.63, 3.8) is 0 Å². The second-order valence-corrected chi connectivity index (χ2v) is 5.36. The molecule has 0 radical (unpaired) electrons. The van der Waals surface area contributed by atoms with Crippen molar-refractivity contribution < 1.29 is 4.74 Å². The molecule has 3 heterocycles. The summed E-state index contributed by atoms with van der Waals surface area (Å²) in [6.07, 6.45) is 7.50. The normalized spacial score (nSPS) is 29.0. The lowest BCUT2D eigenvalue weighted by Gasteiger charge is -2.24. The molecule has 0 aliphatic carbocycles. The second-order valence-electron chi connectivity index (χ2n) is 5.36. The summed E-state index contributed by atoms with van der Waals surface area (Å²) in [6, 6.07) is 0. The van der Waals surface area contributed by atoms with E-state index in [0.29, 0.717) is 12.0 Å². The topological polar surface area (TPSA) is 39.9 Å². The van der Waals surface area contributed by atoms with Crippen LogP contribution in [0.5, 0.6) is 0 Å². The Morgan fingerprint density at radius 2 is 2.18 bits per heavy atom. The van der Waals surface area contributed by atoms with E-state index in [1.54, 1.807) is 0 Å². The van der Waals surface area contributed by atoms with E-state index in [9.17, 15) is 0 Å². The average Bonchev–Trinajstić information content (AvgIpc) is 2.76. The largest absolute Gasteiger partial charge is 0.378 e. The van der Waals surface area contributed by atoms with Crippen LogP contribution in [0.15, 0.2) is 0 Å². The Kier molecular flexibility index (Phi) is 3.14. The van der Waals surface area contributed by atoms with E-state index in [1.807, 2.05) is 0 Å². The van der Waals surface area contributed by atoms with Crippen molar-refractivity contribution >= 4 is 0 Å². The lowest BCUT2D eigenvalue weighted by molar-refractivity contribution is 0.0150. The van der Waals surface area contributed by atoms with E-state index in [-0.39, 0.29) is 0 Å². The van der Waals surface area contributed by atoms with Gasteiger partial charge >= 0.3 is 0 Å². The fraction of sp³-hybridized carbons (Fsp3) is 0.846. The SMILES string of the molecule is CC1CCCn2c(CC3CCCCO3)nnc21. The molecular weight excluding hydrogens is 214 g/mol. The predicted molar refractivity (Wildman–Crippen MR) is 65.0 cm³/mol. The molecule has 2 aliphatic rings. The van der Waals surface area contributed by atoms with E-state index < -0.39 is 0 Å². The summed E-state index contributed by atoms with van der Waals surface area (Å²) in [7, 11) is 0. The van der Waals surface area contributed by atoms with Crippen LogP contribution in [0.4, 0.5) is 0 Å². The Morgan fingerprint density at radius 1 is 1.24 bits per heavy atom. The van der Waals surface area contributed by atoms with Crippen LogP contribution >= 0.6 is 0 Å². The molecule has 2 atom stereocenters. The Labute approximate surface area is 102 Å². The van der Waals surface area contributed by atoms with Crippen LogP contribution in [0.25, 0.3) is 0 Å². The molecule has 0 bridgehead atoms. The van der Waals surface area contributed by atoms with Gasteiger partial charge < -0.3 is 9.30 Å². The first-order valence-corrected chi connectivity index (χ1v) is 6.88. The Hall–Kier alpha value is -0.900. The molecule has 0 spiro atoms. The minimum atomic E-state index is 0.370. The molecule has 0 N–H and O–H groups in total. The first-order valence-electron chi connectivity index (χ1n) is 6.88. The number of hydrogen-bond donors (Lipinski definition) is 0. The minimum Gasteiger partial charge on any atom is -0.378 e. The van der Waals surface area contributed by atoms with Gasteiger partial charge in [-0.2, -0.15) is 0 Å². The van der Waals surface area contributed by atoms with Crippen molar-refractivity contribution in [1.82, 2.24) is 14.8 Å². The molecule has 0 saturated carbocycles. The van der Waals surface area contributed by atoms with E-state index in [4.69, 9.17) is 4.74 Å².